The van der Waals surface area contributed by atoms with Gasteiger partial charge in [0.2, 0.25) is 5.91 Å². The number of carbonyl (C=O) groups is 2. The normalized spacial score (nSPS) is 11.7. The molecule has 34 heavy (non-hydrogen) atoms. The Labute approximate surface area is 203 Å². The standard InChI is InChI=1S/C27H27N3O3S/c1-4-20-12-14-22(15-13-20)30(27(32)25-18(2)29-19(3)34-25)24(21-9-6-5-7-10-21)26(31)28-17-23-11-8-16-33-23/h5-16,24H,4,17H2,1-3H3,(H,28,31)/t24-/m1/s1. The predicted octanol–water partition coefficient (Wildman–Crippen LogP) is 5.62. The van der Waals surface area contributed by atoms with Gasteiger partial charge in [0, 0.05) is 5.69 Å². The molecule has 0 bridgehead atoms. The Balaban J connectivity index is 1.80. The minimum atomic E-state index is -0.877. The second-order valence-corrected chi connectivity index (χ2v) is 9.16. The van der Waals surface area contributed by atoms with Crippen molar-refractivity contribution in [1.82, 2.24) is 10.3 Å². The van der Waals surface area contributed by atoms with Gasteiger partial charge in [0.15, 0.2) is 0 Å². The van der Waals surface area contributed by atoms with Crippen LogP contribution in [0.2, 0.25) is 0 Å². The number of benzene rings is 2. The lowest BCUT2D eigenvalue weighted by Gasteiger charge is -2.31. The van der Waals surface area contributed by atoms with Crippen molar-refractivity contribution in [3.8, 4) is 0 Å². The van der Waals surface area contributed by atoms with Crippen LogP contribution >= 0.6 is 11.3 Å². The lowest BCUT2D eigenvalue weighted by molar-refractivity contribution is -0.122. The summed E-state index contributed by atoms with van der Waals surface area (Å²) in [7, 11) is 0. The predicted molar refractivity (Wildman–Crippen MR) is 134 cm³/mol. The van der Waals surface area contributed by atoms with Gasteiger partial charge in [-0.3, -0.25) is 14.5 Å². The van der Waals surface area contributed by atoms with E-state index >= 15 is 0 Å². The summed E-state index contributed by atoms with van der Waals surface area (Å²) < 4.78 is 5.37. The number of furan rings is 1. The Morgan fingerprint density at radius 3 is 2.35 bits per heavy atom. The fourth-order valence-corrected chi connectivity index (χ4v) is 4.71. The first-order valence-corrected chi connectivity index (χ1v) is 12.0. The molecule has 4 aromatic rings. The van der Waals surface area contributed by atoms with Gasteiger partial charge >= 0.3 is 0 Å². The van der Waals surface area contributed by atoms with E-state index in [0.717, 1.165) is 17.0 Å². The van der Waals surface area contributed by atoms with Gasteiger partial charge in [-0.2, -0.15) is 0 Å². The molecule has 0 aliphatic heterocycles. The molecule has 2 aromatic carbocycles. The fraction of sp³-hybridized carbons (Fsp3) is 0.222. The van der Waals surface area contributed by atoms with Crippen LogP contribution in [0, 0.1) is 13.8 Å². The van der Waals surface area contributed by atoms with Gasteiger partial charge in [-0.05, 0) is 55.7 Å². The first-order chi connectivity index (χ1) is 16.5. The highest BCUT2D eigenvalue weighted by molar-refractivity contribution is 7.13. The highest BCUT2D eigenvalue weighted by atomic mass is 32.1. The molecule has 7 heteroatoms. The molecular weight excluding hydrogens is 446 g/mol. The molecule has 4 rings (SSSR count). The van der Waals surface area contributed by atoms with Crippen LogP contribution < -0.4 is 10.2 Å². The summed E-state index contributed by atoms with van der Waals surface area (Å²) in [5.41, 5.74) is 3.17. The number of hydrogen-bond acceptors (Lipinski definition) is 5. The van der Waals surface area contributed by atoms with Crippen molar-refractivity contribution < 1.29 is 14.0 Å². The Morgan fingerprint density at radius 1 is 1.03 bits per heavy atom. The topological polar surface area (TPSA) is 75.4 Å². The van der Waals surface area contributed by atoms with E-state index in [1.807, 2.05) is 68.4 Å². The molecule has 6 nitrogen and oxygen atoms in total. The zero-order valence-corrected chi connectivity index (χ0v) is 20.3. The van der Waals surface area contributed by atoms with Gasteiger partial charge in [0.1, 0.15) is 16.7 Å². The van der Waals surface area contributed by atoms with Crippen LogP contribution in [0.25, 0.3) is 0 Å². The number of nitrogens with one attached hydrogen (secondary N) is 1. The molecule has 2 amide bonds. The quantitative estimate of drug-likeness (QED) is 0.360. The van der Waals surface area contributed by atoms with E-state index in [-0.39, 0.29) is 18.4 Å². The first kappa shape index (κ1) is 23.4. The van der Waals surface area contributed by atoms with Gasteiger partial charge in [0.25, 0.3) is 5.91 Å². The number of aryl methyl sites for hydroxylation is 3. The van der Waals surface area contributed by atoms with E-state index in [4.69, 9.17) is 4.42 Å². The van der Waals surface area contributed by atoms with Gasteiger partial charge in [-0.25, -0.2) is 4.98 Å². The molecule has 0 fully saturated rings. The monoisotopic (exact) mass is 473 g/mol. The number of anilines is 1. The van der Waals surface area contributed by atoms with Crippen molar-refractivity contribution in [2.45, 2.75) is 39.8 Å². The van der Waals surface area contributed by atoms with Crippen molar-refractivity contribution in [2.24, 2.45) is 0 Å². The maximum atomic E-state index is 14.0. The second kappa shape index (κ2) is 10.5. The minimum Gasteiger partial charge on any atom is -0.467 e. The summed E-state index contributed by atoms with van der Waals surface area (Å²) in [6.07, 6.45) is 2.45. The van der Waals surface area contributed by atoms with Crippen molar-refractivity contribution in [2.75, 3.05) is 4.90 Å². The molecule has 0 spiro atoms. The van der Waals surface area contributed by atoms with Crippen LogP contribution in [0.15, 0.2) is 77.4 Å². The molecule has 0 unspecified atom stereocenters. The van der Waals surface area contributed by atoms with Crippen LogP contribution in [0.3, 0.4) is 0 Å². The third kappa shape index (κ3) is 5.10. The third-order valence-electron chi connectivity index (χ3n) is 5.58. The molecule has 1 N–H and O–H groups in total. The summed E-state index contributed by atoms with van der Waals surface area (Å²) in [4.78, 5) is 34.2. The maximum absolute atomic E-state index is 14.0. The Kier molecular flexibility index (Phi) is 7.23. The number of aromatic nitrogens is 1. The number of amides is 2. The van der Waals surface area contributed by atoms with Crippen molar-refractivity contribution in [3.05, 3.63) is 105 Å². The second-order valence-electron chi connectivity index (χ2n) is 7.95. The first-order valence-electron chi connectivity index (χ1n) is 11.2. The third-order valence-corrected chi connectivity index (χ3v) is 6.64. The van der Waals surface area contributed by atoms with Gasteiger partial charge in [0.05, 0.1) is 23.5 Å². The lowest BCUT2D eigenvalue weighted by atomic mass is 10.0. The molecule has 174 valence electrons. The number of nitrogens with zero attached hydrogens (tertiary/aromatic N) is 2. The molecule has 0 radical (unpaired) electrons. The summed E-state index contributed by atoms with van der Waals surface area (Å²) in [5, 5.41) is 3.75. The maximum Gasteiger partial charge on any atom is 0.271 e. The molecule has 0 saturated heterocycles. The van der Waals surface area contributed by atoms with E-state index < -0.39 is 6.04 Å². The van der Waals surface area contributed by atoms with E-state index in [0.29, 0.717) is 27.6 Å². The Hall–Kier alpha value is -3.71. The van der Waals surface area contributed by atoms with Crippen LogP contribution in [-0.2, 0) is 17.8 Å². The van der Waals surface area contributed by atoms with E-state index in [1.165, 1.54) is 11.3 Å². The van der Waals surface area contributed by atoms with Crippen molar-refractivity contribution in [1.29, 1.82) is 0 Å². The smallest absolute Gasteiger partial charge is 0.271 e. The average molecular weight is 474 g/mol. The number of carbonyl (C=O) groups excluding carboxylic acids is 2. The van der Waals surface area contributed by atoms with E-state index in [9.17, 15) is 9.59 Å². The minimum absolute atomic E-state index is 0.227. The Morgan fingerprint density at radius 2 is 1.76 bits per heavy atom. The SMILES string of the molecule is CCc1ccc(N(C(=O)c2sc(C)nc2C)[C@@H](C(=O)NCc2ccco2)c2ccccc2)cc1. The van der Waals surface area contributed by atoms with Crippen LogP contribution in [0.5, 0.6) is 0 Å². The largest absolute Gasteiger partial charge is 0.467 e. The molecule has 1 atom stereocenters. The lowest BCUT2D eigenvalue weighted by Crippen LogP contribution is -2.44. The fourth-order valence-electron chi connectivity index (χ4n) is 3.85. The average Bonchev–Trinajstić information content (AvgIpc) is 3.50. The molecule has 0 saturated carbocycles. The molecule has 2 aromatic heterocycles. The Bertz CT molecular complexity index is 1250. The molecule has 0 aliphatic rings. The summed E-state index contributed by atoms with van der Waals surface area (Å²) in [6, 6.07) is 19.8. The van der Waals surface area contributed by atoms with Crippen LogP contribution in [0.1, 0.15) is 50.2 Å². The van der Waals surface area contributed by atoms with Crippen LogP contribution in [0.4, 0.5) is 5.69 Å². The summed E-state index contributed by atoms with van der Waals surface area (Å²) in [6.45, 7) is 6.00. The van der Waals surface area contributed by atoms with E-state index in [2.05, 4.69) is 17.2 Å². The highest BCUT2D eigenvalue weighted by Gasteiger charge is 2.35. The zero-order chi connectivity index (χ0) is 24.1. The number of rotatable bonds is 8. The van der Waals surface area contributed by atoms with Crippen molar-refractivity contribution in [3.63, 3.8) is 0 Å². The summed E-state index contributed by atoms with van der Waals surface area (Å²) in [5.74, 6) is 0.0861. The number of thiazole rings is 1. The number of hydrogen-bond donors (Lipinski definition) is 1. The zero-order valence-electron chi connectivity index (χ0n) is 19.4. The molecule has 0 aliphatic carbocycles. The molecular formula is C27H27N3O3S. The van der Waals surface area contributed by atoms with E-state index in [1.54, 1.807) is 23.3 Å². The van der Waals surface area contributed by atoms with Gasteiger partial charge in [-0.15, -0.1) is 11.3 Å². The highest BCUT2D eigenvalue weighted by Crippen LogP contribution is 2.32. The summed E-state index contributed by atoms with van der Waals surface area (Å²) >= 11 is 1.34. The molecule has 2 heterocycles. The van der Waals surface area contributed by atoms with Crippen LogP contribution in [-0.4, -0.2) is 16.8 Å². The van der Waals surface area contributed by atoms with Gasteiger partial charge < -0.3 is 9.73 Å². The van der Waals surface area contributed by atoms with Crippen molar-refractivity contribution >= 4 is 28.8 Å². The van der Waals surface area contributed by atoms with Gasteiger partial charge in [-0.1, -0.05) is 49.4 Å².